The van der Waals surface area contributed by atoms with E-state index in [0.717, 1.165) is 0 Å². The normalized spacial score (nSPS) is 9.20. The minimum atomic E-state index is 0.154. The van der Waals surface area contributed by atoms with Gasteiger partial charge in [-0.3, -0.25) is 4.79 Å². The van der Waals surface area contributed by atoms with Gasteiger partial charge in [0.05, 0.1) is 24.8 Å². The maximum absolute atomic E-state index is 10.7. The van der Waals surface area contributed by atoms with Gasteiger partial charge in [0.1, 0.15) is 11.6 Å². The van der Waals surface area contributed by atoms with Crippen molar-refractivity contribution < 1.29 is 14.3 Å². The van der Waals surface area contributed by atoms with Crippen LogP contribution >= 0.6 is 11.6 Å². The van der Waals surface area contributed by atoms with Crippen LogP contribution in [0.5, 0.6) is 11.5 Å². The lowest BCUT2D eigenvalue weighted by Gasteiger charge is -2.11. The molecule has 0 unspecified atom stereocenters. The Morgan fingerprint density at radius 3 is 2.40 bits per heavy atom. The summed E-state index contributed by atoms with van der Waals surface area (Å²) in [5.41, 5.74) is 0.403. The fourth-order valence-electron chi connectivity index (χ4n) is 1.22. The number of aldehydes is 1. The molecule has 0 N–H and O–H groups in total. The fourth-order valence-corrected chi connectivity index (χ4v) is 1.47. The van der Waals surface area contributed by atoms with Crippen molar-refractivity contribution in [2.24, 2.45) is 0 Å². The van der Waals surface area contributed by atoms with Crippen LogP contribution in [0.3, 0.4) is 0 Å². The summed E-state index contributed by atoms with van der Waals surface area (Å²) in [5, 5.41) is 9.02. The number of hydrogen-bond donors (Lipinski definition) is 0. The maximum atomic E-state index is 10.7. The Balaban J connectivity index is 3.60. The molecule has 78 valence electrons. The van der Waals surface area contributed by atoms with Crippen LogP contribution in [0.25, 0.3) is 0 Å². The Bertz CT molecular complexity index is 437. The number of carbonyl (C=O) groups excluding carboxylic acids is 1. The second-order valence-corrected chi connectivity index (χ2v) is 3.03. The number of ether oxygens (including phenoxy) is 2. The highest BCUT2D eigenvalue weighted by molar-refractivity contribution is 6.32. The molecule has 0 fully saturated rings. The molecule has 15 heavy (non-hydrogen) atoms. The first-order valence-electron chi connectivity index (χ1n) is 3.99. The Morgan fingerprint density at radius 2 is 2.00 bits per heavy atom. The van der Waals surface area contributed by atoms with E-state index in [4.69, 9.17) is 26.3 Å². The van der Waals surface area contributed by atoms with E-state index in [0.29, 0.717) is 6.29 Å². The zero-order valence-corrected chi connectivity index (χ0v) is 8.96. The van der Waals surface area contributed by atoms with E-state index >= 15 is 0 Å². The van der Waals surface area contributed by atoms with Gasteiger partial charge in [0.25, 0.3) is 0 Å². The van der Waals surface area contributed by atoms with Crippen molar-refractivity contribution in [1.82, 2.24) is 0 Å². The van der Waals surface area contributed by atoms with E-state index in [9.17, 15) is 4.79 Å². The van der Waals surface area contributed by atoms with Crippen LogP contribution in [0.4, 0.5) is 0 Å². The topological polar surface area (TPSA) is 59.3 Å². The van der Waals surface area contributed by atoms with Crippen LogP contribution in [0.15, 0.2) is 6.07 Å². The van der Waals surface area contributed by atoms with Gasteiger partial charge in [-0.15, -0.1) is 0 Å². The van der Waals surface area contributed by atoms with E-state index in [-0.39, 0.29) is 27.6 Å². The van der Waals surface area contributed by atoms with Gasteiger partial charge in [0.2, 0.25) is 0 Å². The third kappa shape index (κ3) is 1.88. The van der Waals surface area contributed by atoms with E-state index in [2.05, 4.69) is 0 Å². The van der Waals surface area contributed by atoms with Crippen molar-refractivity contribution in [3.63, 3.8) is 0 Å². The van der Waals surface area contributed by atoms with E-state index in [1.807, 2.05) is 6.07 Å². The second kappa shape index (κ2) is 4.67. The third-order valence-corrected chi connectivity index (χ3v) is 2.16. The first-order chi connectivity index (χ1) is 7.19. The molecule has 1 aromatic carbocycles. The Labute approximate surface area is 92.0 Å². The highest BCUT2D eigenvalue weighted by Crippen LogP contribution is 2.37. The summed E-state index contributed by atoms with van der Waals surface area (Å²) in [5.74, 6) is 0.392. The van der Waals surface area contributed by atoms with Crippen molar-refractivity contribution in [2.75, 3.05) is 14.2 Å². The Morgan fingerprint density at radius 1 is 1.40 bits per heavy atom. The molecule has 0 aliphatic carbocycles. The highest BCUT2D eigenvalue weighted by atomic mass is 35.5. The second-order valence-electron chi connectivity index (χ2n) is 2.62. The van der Waals surface area contributed by atoms with E-state index in [1.165, 1.54) is 20.3 Å². The number of hydrogen-bond acceptors (Lipinski definition) is 4. The van der Waals surface area contributed by atoms with Crippen molar-refractivity contribution in [1.29, 1.82) is 5.26 Å². The monoisotopic (exact) mass is 225 g/mol. The van der Waals surface area contributed by atoms with Gasteiger partial charge in [-0.25, -0.2) is 0 Å². The summed E-state index contributed by atoms with van der Waals surface area (Å²) >= 11 is 5.80. The summed E-state index contributed by atoms with van der Waals surface area (Å²) in [6, 6.07) is 3.26. The zero-order valence-electron chi connectivity index (χ0n) is 8.20. The van der Waals surface area contributed by atoms with Gasteiger partial charge in [-0.1, -0.05) is 11.6 Å². The van der Waals surface area contributed by atoms with Crippen molar-refractivity contribution in [3.05, 3.63) is 22.2 Å². The lowest BCUT2D eigenvalue weighted by Crippen LogP contribution is -1.98. The number of benzene rings is 1. The number of methoxy groups -OCH3 is 2. The van der Waals surface area contributed by atoms with Crippen LogP contribution in [0.2, 0.25) is 5.02 Å². The molecule has 0 radical (unpaired) electrons. The number of carbonyl (C=O) groups is 1. The number of halogens is 1. The average Bonchev–Trinajstić information content (AvgIpc) is 2.27. The first-order valence-corrected chi connectivity index (χ1v) is 4.37. The summed E-state index contributed by atoms with van der Waals surface area (Å²) in [6.45, 7) is 0. The molecule has 0 atom stereocenters. The van der Waals surface area contributed by atoms with Crippen LogP contribution in [0, 0.1) is 11.3 Å². The molecular formula is C10H8ClNO3. The third-order valence-electron chi connectivity index (χ3n) is 1.86. The SMILES string of the molecule is COc1c(C=O)cc(Cl)c(C#N)c1OC. The van der Waals surface area contributed by atoms with Gasteiger partial charge in [-0.05, 0) is 6.07 Å². The van der Waals surface area contributed by atoms with Crippen molar-refractivity contribution in [3.8, 4) is 17.6 Å². The molecule has 4 nitrogen and oxygen atoms in total. The molecule has 0 bridgehead atoms. The summed E-state index contributed by atoms with van der Waals surface area (Å²) in [6.07, 6.45) is 0.592. The Kier molecular flexibility index (Phi) is 3.53. The molecule has 0 aliphatic rings. The predicted molar refractivity (Wildman–Crippen MR) is 54.7 cm³/mol. The quantitative estimate of drug-likeness (QED) is 0.739. The summed E-state index contributed by atoms with van der Waals surface area (Å²) < 4.78 is 9.98. The predicted octanol–water partition coefficient (Wildman–Crippen LogP) is 2.04. The van der Waals surface area contributed by atoms with Crippen molar-refractivity contribution >= 4 is 17.9 Å². The molecule has 5 heteroatoms. The molecule has 0 saturated carbocycles. The van der Waals surface area contributed by atoms with Crippen LogP contribution in [-0.4, -0.2) is 20.5 Å². The zero-order chi connectivity index (χ0) is 11.4. The van der Waals surface area contributed by atoms with Gasteiger partial charge >= 0.3 is 0 Å². The van der Waals surface area contributed by atoms with Gasteiger partial charge < -0.3 is 9.47 Å². The standard InChI is InChI=1S/C10H8ClNO3/c1-14-9-6(5-13)3-8(11)7(4-12)10(9)15-2/h3,5H,1-2H3. The molecule has 0 saturated heterocycles. The van der Waals surface area contributed by atoms with Crippen LogP contribution in [-0.2, 0) is 0 Å². The lowest BCUT2D eigenvalue weighted by atomic mass is 10.1. The first kappa shape index (κ1) is 11.3. The summed E-state index contributed by atoms with van der Waals surface area (Å²) in [4.78, 5) is 10.7. The molecular weight excluding hydrogens is 218 g/mol. The fraction of sp³-hybridized carbons (Fsp3) is 0.200. The summed E-state index contributed by atoms with van der Waals surface area (Å²) in [7, 11) is 2.77. The number of nitriles is 1. The van der Waals surface area contributed by atoms with Gasteiger partial charge in [0.15, 0.2) is 17.8 Å². The number of nitrogens with zero attached hydrogens (tertiary/aromatic N) is 1. The molecule has 0 spiro atoms. The minimum Gasteiger partial charge on any atom is -0.492 e. The molecule has 0 aromatic heterocycles. The molecule has 1 rings (SSSR count). The van der Waals surface area contributed by atoms with Gasteiger partial charge in [0, 0.05) is 0 Å². The van der Waals surface area contributed by atoms with Crippen molar-refractivity contribution in [2.45, 2.75) is 0 Å². The smallest absolute Gasteiger partial charge is 0.180 e. The molecule has 0 amide bonds. The van der Waals surface area contributed by atoms with Crippen LogP contribution in [0.1, 0.15) is 15.9 Å². The molecule has 0 heterocycles. The Hall–Kier alpha value is -1.73. The highest BCUT2D eigenvalue weighted by Gasteiger charge is 2.18. The molecule has 1 aromatic rings. The van der Waals surface area contributed by atoms with Gasteiger partial charge in [-0.2, -0.15) is 5.26 Å². The lowest BCUT2D eigenvalue weighted by molar-refractivity contribution is 0.112. The van der Waals surface area contributed by atoms with Crippen LogP contribution < -0.4 is 9.47 Å². The number of rotatable bonds is 3. The largest absolute Gasteiger partial charge is 0.492 e. The van der Waals surface area contributed by atoms with E-state index in [1.54, 1.807) is 0 Å². The minimum absolute atomic E-state index is 0.154. The maximum Gasteiger partial charge on any atom is 0.180 e. The average molecular weight is 226 g/mol. The van der Waals surface area contributed by atoms with E-state index < -0.39 is 0 Å². The molecule has 0 aliphatic heterocycles.